The van der Waals surface area contributed by atoms with E-state index in [1.165, 1.54) is 0 Å². The van der Waals surface area contributed by atoms with Gasteiger partial charge in [-0.15, -0.1) is 0 Å². The molecule has 0 saturated carbocycles. The first-order valence-electron chi connectivity index (χ1n) is 7.67. The van der Waals surface area contributed by atoms with E-state index < -0.39 is 0 Å². The van der Waals surface area contributed by atoms with Crippen molar-refractivity contribution >= 4 is 34.8 Å². The summed E-state index contributed by atoms with van der Waals surface area (Å²) in [6, 6.07) is 11.9. The minimum atomic E-state index is -0.273. The molecule has 1 N–H and O–H groups in total. The van der Waals surface area contributed by atoms with Gasteiger partial charge < -0.3 is 14.8 Å². The van der Waals surface area contributed by atoms with Gasteiger partial charge in [-0.1, -0.05) is 42.6 Å². The molecule has 0 bridgehead atoms. The van der Waals surface area contributed by atoms with Crippen molar-refractivity contribution in [1.29, 1.82) is 0 Å². The number of carbonyl (C=O) groups excluding carboxylic acids is 1. The summed E-state index contributed by atoms with van der Waals surface area (Å²) in [5.41, 5.74) is 0.962. The van der Waals surface area contributed by atoms with Crippen molar-refractivity contribution in [2.45, 2.75) is 19.8 Å². The van der Waals surface area contributed by atoms with Gasteiger partial charge in [0.2, 0.25) is 0 Å². The first-order chi connectivity index (χ1) is 11.6. The third-order valence-electron chi connectivity index (χ3n) is 3.27. The predicted molar refractivity (Wildman–Crippen MR) is 97.2 cm³/mol. The molecular formula is C18H19Cl2NO3. The lowest BCUT2D eigenvalue weighted by Crippen LogP contribution is -2.12. The Kier molecular flexibility index (Phi) is 7.37. The molecule has 0 aliphatic heterocycles. The van der Waals surface area contributed by atoms with Gasteiger partial charge in [0, 0.05) is 5.56 Å². The van der Waals surface area contributed by atoms with E-state index in [2.05, 4.69) is 12.2 Å². The number of benzene rings is 2. The van der Waals surface area contributed by atoms with Crippen LogP contribution >= 0.6 is 23.2 Å². The standard InChI is InChI=1S/C18H19Cl2NO3/c1-2-3-11-23-12-24-14-9-7-13(8-10-14)18(22)21-16-6-4-5-15(19)17(16)20/h4-10H,2-3,11-12H2,1H3,(H,21,22). The highest BCUT2D eigenvalue weighted by atomic mass is 35.5. The van der Waals surface area contributed by atoms with E-state index in [0.29, 0.717) is 33.7 Å². The largest absolute Gasteiger partial charge is 0.468 e. The SMILES string of the molecule is CCCCOCOc1ccc(C(=O)Nc2cccc(Cl)c2Cl)cc1. The molecule has 0 spiro atoms. The van der Waals surface area contributed by atoms with Gasteiger partial charge in [-0.05, 0) is 42.8 Å². The zero-order valence-electron chi connectivity index (χ0n) is 13.4. The molecule has 0 unspecified atom stereocenters. The number of rotatable bonds is 8. The molecule has 0 radical (unpaired) electrons. The molecule has 128 valence electrons. The molecule has 2 aromatic rings. The number of hydrogen-bond donors (Lipinski definition) is 1. The van der Waals surface area contributed by atoms with Crippen LogP contribution in [-0.2, 0) is 4.74 Å². The summed E-state index contributed by atoms with van der Waals surface area (Å²) in [6.45, 7) is 2.98. The highest BCUT2D eigenvalue weighted by molar-refractivity contribution is 6.44. The maximum atomic E-state index is 12.2. The highest BCUT2D eigenvalue weighted by Crippen LogP contribution is 2.29. The van der Waals surface area contributed by atoms with E-state index >= 15 is 0 Å². The zero-order chi connectivity index (χ0) is 17.4. The van der Waals surface area contributed by atoms with E-state index in [0.717, 1.165) is 12.8 Å². The van der Waals surface area contributed by atoms with Gasteiger partial charge in [-0.25, -0.2) is 0 Å². The van der Waals surface area contributed by atoms with Gasteiger partial charge in [-0.2, -0.15) is 0 Å². The lowest BCUT2D eigenvalue weighted by molar-refractivity contribution is 0.0140. The van der Waals surface area contributed by atoms with E-state index in [9.17, 15) is 4.79 Å². The number of nitrogens with one attached hydrogen (secondary N) is 1. The van der Waals surface area contributed by atoms with Gasteiger partial charge in [0.25, 0.3) is 5.91 Å². The van der Waals surface area contributed by atoms with Crippen molar-refractivity contribution in [3.05, 3.63) is 58.1 Å². The Hall–Kier alpha value is -1.75. The minimum Gasteiger partial charge on any atom is -0.468 e. The average molecular weight is 368 g/mol. The molecule has 6 heteroatoms. The minimum absolute atomic E-state index is 0.198. The van der Waals surface area contributed by atoms with Crippen LogP contribution in [-0.4, -0.2) is 19.3 Å². The number of halogens is 2. The second kappa shape index (κ2) is 9.52. The highest BCUT2D eigenvalue weighted by Gasteiger charge is 2.10. The van der Waals surface area contributed by atoms with Crippen molar-refractivity contribution in [3.8, 4) is 5.75 Å². The normalized spacial score (nSPS) is 10.5. The van der Waals surface area contributed by atoms with Gasteiger partial charge >= 0.3 is 0 Å². The quantitative estimate of drug-likeness (QED) is 0.501. The predicted octanol–water partition coefficient (Wildman–Crippen LogP) is 5.40. The maximum Gasteiger partial charge on any atom is 0.255 e. The molecule has 0 saturated heterocycles. The molecule has 0 heterocycles. The van der Waals surface area contributed by atoms with E-state index in [4.69, 9.17) is 32.7 Å². The third kappa shape index (κ3) is 5.41. The Labute approximate surface area is 151 Å². The molecule has 0 atom stereocenters. The summed E-state index contributed by atoms with van der Waals surface area (Å²) in [6.07, 6.45) is 2.09. The Bertz CT molecular complexity index is 674. The van der Waals surface area contributed by atoms with Crippen LogP contribution in [0.1, 0.15) is 30.1 Å². The third-order valence-corrected chi connectivity index (χ3v) is 4.09. The number of hydrogen-bond acceptors (Lipinski definition) is 3. The molecular weight excluding hydrogens is 349 g/mol. The molecule has 24 heavy (non-hydrogen) atoms. The molecule has 2 rings (SSSR count). The Morgan fingerprint density at radius 2 is 1.88 bits per heavy atom. The number of unbranched alkanes of at least 4 members (excludes halogenated alkanes) is 1. The molecule has 1 amide bonds. The molecule has 0 aliphatic rings. The van der Waals surface area contributed by atoms with Crippen molar-refractivity contribution in [2.75, 3.05) is 18.7 Å². The summed E-state index contributed by atoms with van der Waals surface area (Å²) < 4.78 is 10.8. The Morgan fingerprint density at radius 1 is 1.12 bits per heavy atom. The van der Waals surface area contributed by atoms with Crippen LogP contribution < -0.4 is 10.1 Å². The topological polar surface area (TPSA) is 47.6 Å². The van der Waals surface area contributed by atoms with Crippen LogP contribution in [0.4, 0.5) is 5.69 Å². The van der Waals surface area contributed by atoms with E-state index in [1.54, 1.807) is 42.5 Å². The fourth-order valence-electron chi connectivity index (χ4n) is 1.91. The first kappa shape index (κ1) is 18.6. The number of amides is 1. The first-order valence-corrected chi connectivity index (χ1v) is 8.43. The number of anilines is 1. The number of carbonyl (C=O) groups is 1. The van der Waals surface area contributed by atoms with Gasteiger partial charge in [0.05, 0.1) is 22.3 Å². The van der Waals surface area contributed by atoms with Crippen molar-refractivity contribution in [2.24, 2.45) is 0 Å². The molecule has 4 nitrogen and oxygen atoms in total. The fraction of sp³-hybridized carbons (Fsp3) is 0.278. The van der Waals surface area contributed by atoms with Gasteiger partial charge in [0.1, 0.15) is 5.75 Å². The van der Waals surface area contributed by atoms with Crippen LogP contribution in [0.5, 0.6) is 5.75 Å². The monoisotopic (exact) mass is 367 g/mol. The molecule has 2 aromatic carbocycles. The molecule has 0 aromatic heterocycles. The van der Waals surface area contributed by atoms with Crippen LogP contribution in [0, 0.1) is 0 Å². The summed E-state index contributed by atoms with van der Waals surface area (Å²) in [5, 5.41) is 3.44. The zero-order valence-corrected chi connectivity index (χ0v) is 14.9. The Balaban J connectivity index is 1.90. The van der Waals surface area contributed by atoms with E-state index in [1.807, 2.05) is 0 Å². The molecule has 0 aliphatic carbocycles. The number of ether oxygens (including phenoxy) is 2. The Morgan fingerprint density at radius 3 is 2.58 bits per heavy atom. The lowest BCUT2D eigenvalue weighted by atomic mass is 10.2. The van der Waals surface area contributed by atoms with Gasteiger partial charge in [0.15, 0.2) is 6.79 Å². The summed E-state index contributed by atoms with van der Waals surface area (Å²) in [7, 11) is 0. The second-order valence-corrected chi connectivity index (χ2v) is 5.89. The van der Waals surface area contributed by atoms with Crippen LogP contribution in [0.15, 0.2) is 42.5 Å². The van der Waals surface area contributed by atoms with Gasteiger partial charge in [-0.3, -0.25) is 4.79 Å². The fourth-order valence-corrected chi connectivity index (χ4v) is 2.26. The van der Waals surface area contributed by atoms with Crippen LogP contribution in [0.2, 0.25) is 10.0 Å². The van der Waals surface area contributed by atoms with Crippen molar-refractivity contribution in [3.63, 3.8) is 0 Å². The van der Waals surface area contributed by atoms with Crippen molar-refractivity contribution < 1.29 is 14.3 Å². The van der Waals surface area contributed by atoms with Crippen LogP contribution in [0.3, 0.4) is 0 Å². The molecule has 0 fully saturated rings. The summed E-state index contributed by atoms with van der Waals surface area (Å²) in [5.74, 6) is 0.369. The van der Waals surface area contributed by atoms with E-state index in [-0.39, 0.29) is 12.7 Å². The summed E-state index contributed by atoms with van der Waals surface area (Å²) >= 11 is 12.0. The lowest BCUT2D eigenvalue weighted by Gasteiger charge is -2.09. The van der Waals surface area contributed by atoms with Crippen LogP contribution in [0.25, 0.3) is 0 Å². The van der Waals surface area contributed by atoms with Crippen molar-refractivity contribution in [1.82, 2.24) is 0 Å². The average Bonchev–Trinajstić information content (AvgIpc) is 2.59. The second-order valence-electron chi connectivity index (χ2n) is 5.10. The smallest absolute Gasteiger partial charge is 0.255 e. The maximum absolute atomic E-state index is 12.2. The summed E-state index contributed by atoms with van der Waals surface area (Å²) in [4.78, 5) is 12.2.